The Labute approximate surface area is 181 Å². The Kier molecular flexibility index (Phi) is 5.88. The average molecular weight is 420 g/mol. The molecule has 0 radical (unpaired) electrons. The van der Waals surface area contributed by atoms with Crippen LogP contribution in [0.15, 0.2) is 41.5 Å². The summed E-state index contributed by atoms with van der Waals surface area (Å²) in [6.45, 7) is 4.63. The topological polar surface area (TPSA) is 81.7 Å². The van der Waals surface area contributed by atoms with E-state index in [1.807, 2.05) is 12.1 Å². The first kappa shape index (κ1) is 20.1. The van der Waals surface area contributed by atoms with Crippen LogP contribution in [-0.4, -0.2) is 47.5 Å². The molecule has 5 heterocycles. The van der Waals surface area contributed by atoms with E-state index in [4.69, 9.17) is 0 Å². The molecule has 2 aliphatic heterocycles. The minimum atomic E-state index is -0.0358. The van der Waals surface area contributed by atoms with Gasteiger partial charge in [-0.1, -0.05) is 6.42 Å². The number of hydrogen-bond donors (Lipinski definition) is 0. The normalized spacial score (nSPS) is 17.9. The van der Waals surface area contributed by atoms with Crippen molar-refractivity contribution in [3.63, 3.8) is 0 Å². The van der Waals surface area contributed by atoms with Gasteiger partial charge in [0.05, 0.1) is 12.2 Å². The van der Waals surface area contributed by atoms with E-state index in [0.717, 1.165) is 68.3 Å². The maximum Gasteiger partial charge on any atom is 0.266 e. The van der Waals surface area contributed by atoms with Crippen LogP contribution < -0.4 is 5.56 Å². The molecule has 1 saturated heterocycles. The molecule has 3 aromatic heterocycles. The van der Waals surface area contributed by atoms with Gasteiger partial charge in [-0.05, 0) is 62.9 Å². The number of likely N-dealkylation sites (tertiary alicyclic amines) is 1. The van der Waals surface area contributed by atoms with E-state index in [9.17, 15) is 4.79 Å². The lowest BCUT2D eigenvalue weighted by Crippen LogP contribution is -2.37. The first-order valence-corrected chi connectivity index (χ1v) is 11.4. The van der Waals surface area contributed by atoms with Crippen molar-refractivity contribution >= 4 is 0 Å². The van der Waals surface area contributed by atoms with Gasteiger partial charge in [-0.15, -0.1) is 10.2 Å². The molecular weight excluding hydrogens is 390 g/mol. The quantitative estimate of drug-likeness (QED) is 0.632. The summed E-state index contributed by atoms with van der Waals surface area (Å²) in [5, 5.41) is 13.5. The molecular formula is C23H29N7O. The first-order chi connectivity index (χ1) is 15.3. The van der Waals surface area contributed by atoms with E-state index in [1.54, 1.807) is 29.2 Å². The maximum absolute atomic E-state index is 12.4. The fourth-order valence-electron chi connectivity index (χ4n) is 4.69. The van der Waals surface area contributed by atoms with E-state index in [-0.39, 0.29) is 5.56 Å². The van der Waals surface area contributed by atoms with E-state index in [1.165, 1.54) is 19.3 Å². The number of piperidine rings is 1. The lowest BCUT2D eigenvalue weighted by molar-refractivity contribution is 0.158. The van der Waals surface area contributed by atoms with Crippen LogP contribution in [0.5, 0.6) is 0 Å². The molecule has 8 heteroatoms. The fraction of sp³-hybridized carbons (Fsp3) is 0.522. The summed E-state index contributed by atoms with van der Waals surface area (Å²) in [6, 6.07) is 7.24. The lowest BCUT2D eigenvalue weighted by atomic mass is 9.97. The van der Waals surface area contributed by atoms with Gasteiger partial charge in [0.15, 0.2) is 0 Å². The Hall–Kier alpha value is -2.87. The predicted octanol–water partition coefficient (Wildman–Crippen LogP) is 2.54. The number of fused-ring (bicyclic) bond motifs is 1. The number of nitrogens with zero attached hydrogens (tertiary/aromatic N) is 7. The molecule has 2 aliphatic rings. The number of pyridine rings is 1. The minimum absolute atomic E-state index is 0.0358. The van der Waals surface area contributed by atoms with Crippen LogP contribution in [0.4, 0.5) is 0 Å². The van der Waals surface area contributed by atoms with Gasteiger partial charge in [0, 0.05) is 43.5 Å². The Morgan fingerprint density at radius 2 is 1.77 bits per heavy atom. The third-order valence-electron chi connectivity index (χ3n) is 6.53. The van der Waals surface area contributed by atoms with Crippen molar-refractivity contribution in [3.8, 4) is 11.3 Å². The van der Waals surface area contributed by atoms with Gasteiger partial charge >= 0.3 is 0 Å². The van der Waals surface area contributed by atoms with Gasteiger partial charge in [-0.3, -0.25) is 14.7 Å². The second kappa shape index (κ2) is 9.09. The Morgan fingerprint density at radius 3 is 2.61 bits per heavy atom. The summed E-state index contributed by atoms with van der Waals surface area (Å²) in [6.07, 6.45) is 10.4. The van der Waals surface area contributed by atoms with Crippen LogP contribution in [0.1, 0.15) is 43.8 Å². The molecule has 0 saturated carbocycles. The number of rotatable bonds is 5. The van der Waals surface area contributed by atoms with E-state index in [0.29, 0.717) is 12.5 Å². The standard InChI is InChI=1S/C23H29N7O/c31-23-6-5-20(19-7-11-24-12-8-19)27-30(23)16-18-9-14-28(15-10-18)17-22-26-25-21-4-2-1-3-13-29(21)22/h5-8,11-12,18H,1-4,9-10,13-17H2. The van der Waals surface area contributed by atoms with Crippen LogP contribution in [0, 0.1) is 5.92 Å². The molecule has 31 heavy (non-hydrogen) atoms. The van der Waals surface area contributed by atoms with Crippen LogP contribution >= 0.6 is 0 Å². The van der Waals surface area contributed by atoms with E-state index in [2.05, 4.69) is 29.7 Å². The van der Waals surface area contributed by atoms with Crippen LogP contribution in [-0.2, 0) is 26.1 Å². The largest absolute Gasteiger partial charge is 0.314 e. The average Bonchev–Trinajstić information content (AvgIpc) is 3.02. The number of aromatic nitrogens is 6. The summed E-state index contributed by atoms with van der Waals surface area (Å²) in [4.78, 5) is 18.9. The Balaban J connectivity index is 1.20. The monoisotopic (exact) mass is 419 g/mol. The van der Waals surface area contributed by atoms with E-state index >= 15 is 0 Å². The maximum atomic E-state index is 12.4. The molecule has 0 aromatic carbocycles. The van der Waals surface area contributed by atoms with Crippen molar-refractivity contribution in [2.45, 2.75) is 58.2 Å². The fourth-order valence-corrected chi connectivity index (χ4v) is 4.69. The van der Waals surface area contributed by atoms with Crippen LogP contribution in [0.25, 0.3) is 11.3 Å². The van der Waals surface area contributed by atoms with Gasteiger partial charge in [0.2, 0.25) is 0 Å². The minimum Gasteiger partial charge on any atom is -0.314 e. The Bertz CT molecular complexity index is 1070. The number of hydrogen-bond acceptors (Lipinski definition) is 6. The number of aryl methyl sites for hydroxylation is 1. The Morgan fingerprint density at radius 1 is 0.935 bits per heavy atom. The zero-order valence-corrected chi connectivity index (χ0v) is 17.9. The highest BCUT2D eigenvalue weighted by atomic mass is 16.1. The molecule has 1 fully saturated rings. The third kappa shape index (κ3) is 4.58. The van der Waals surface area contributed by atoms with Gasteiger partial charge in [-0.2, -0.15) is 5.10 Å². The molecule has 0 spiro atoms. The van der Waals surface area contributed by atoms with Gasteiger partial charge in [0.25, 0.3) is 5.56 Å². The molecule has 5 rings (SSSR count). The molecule has 162 valence electrons. The molecule has 0 atom stereocenters. The zero-order valence-electron chi connectivity index (χ0n) is 17.9. The van der Waals surface area contributed by atoms with Crippen LogP contribution in [0.3, 0.4) is 0 Å². The summed E-state index contributed by atoms with van der Waals surface area (Å²) in [7, 11) is 0. The van der Waals surface area contributed by atoms with Crippen molar-refractivity contribution in [3.05, 3.63) is 58.7 Å². The molecule has 8 nitrogen and oxygen atoms in total. The molecule has 0 N–H and O–H groups in total. The highest BCUT2D eigenvalue weighted by molar-refractivity contribution is 5.56. The molecule has 3 aromatic rings. The van der Waals surface area contributed by atoms with Gasteiger partial charge < -0.3 is 4.57 Å². The molecule has 0 aliphatic carbocycles. The highest BCUT2D eigenvalue weighted by Crippen LogP contribution is 2.22. The van der Waals surface area contributed by atoms with Crippen molar-refractivity contribution in [2.24, 2.45) is 5.92 Å². The summed E-state index contributed by atoms with van der Waals surface area (Å²) in [5.74, 6) is 2.73. The molecule has 0 unspecified atom stereocenters. The SMILES string of the molecule is O=c1ccc(-c2ccncc2)nn1CC1CCN(Cc2nnc3n2CCCCC3)CC1. The van der Waals surface area contributed by atoms with E-state index < -0.39 is 0 Å². The summed E-state index contributed by atoms with van der Waals surface area (Å²) < 4.78 is 3.97. The van der Waals surface area contributed by atoms with Crippen molar-refractivity contribution < 1.29 is 0 Å². The first-order valence-electron chi connectivity index (χ1n) is 11.4. The summed E-state index contributed by atoms with van der Waals surface area (Å²) in [5.41, 5.74) is 1.75. The highest BCUT2D eigenvalue weighted by Gasteiger charge is 2.23. The van der Waals surface area contributed by atoms with Gasteiger partial charge in [-0.25, -0.2) is 4.68 Å². The predicted molar refractivity (Wildman–Crippen MR) is 117 cm³/mol. The molecule has 0 bridgehead atoms. The molecule has 0 amide bonds. The van der Waals surface area contributed by atoms with Crippen molar-refractivity contribution in [1.82, 2.24) is 34.4 Å². The second-order valence-corrected chi connectivity index (χ2v) is 8.69. The van der Waals surface area contributed by atoms with Crippen molar-refractivity contribution in [1.29, 1.82) is 0 Å². The second-order valence-electron chi connectivity index (χ2n) is 8.69. The zero-order chi connectivity index (χ0) is 21.0. The van der Waals surface area contributed by atoms with Crippen molar-refractivity contribution in [2.75, 3.05) is 13.1 Å². The smallest absolute Gasteiger partial charge is 0.266 e. The van der Waals surface area contributed by atoms with Crippen LogP contribution in [0.2, 0.25) is 0 Å². The summed E-state index contributed by atoms with van der Waals surface area (Å²) >= 11 is 0. The van der Waals surface area contributed by atoms with Gasteiger partial charge in [0.1, 0.15) is 11.6 Å². The third-order valence-corrected chi connectivity index (χ3v) is 6.53. The lowest BCUT2D eigenvalue weighted by Gasteiger charge is -2.31.